The zero-order valence-electron chi connectivity index (χ0n) is 5.24. The molecule has 0 fully saturated rings. The minimum Gasteiger partial charge on any atom is -0.358 e. The van der Waals surface area contributed by atoms with E-state index in [0.29, 0.717) is 5.02 Å². The first-order valence-electron chi connectivity index (χ1n) is 2.57. The highest BCUT2D eigenvalue weighted by Crippen LogP contribution is 2.18. The van der Waals surface area contributed by atoms with Crippen LogP contribution in [-0.4, -0.2) is 9.49 Å². The van der Waals surface area contributed by atoms with Gasteiger partial charge in [0, 0.05) is 0 Å². The summed E-state index contributed by atoms with van der Waals surface area (Å²) in [6.07, 6.45) is 1.49. The Balaban J connectivity index is 3.15. The lowest BCUT2D eigenvalue weighted by Gasteiger charge is -1.91. The molecule has 0 saturated heterocycles. The largest absolute Gasteiger partial charge is 0.358 e. The normalized spacial score (nSPS) is 9.80. The maximum absolute atomic E-state index is 10.2. The van der Waals surface area contributed by atoms with Gasteiger partial charge < -0.3 is 10.1 Å². The summed E-state index contributed by atoms with van der Waals surface area (Å²) in [4.78, 5) is 9.68. The van der Waals surface area contributed by atoms with Crippen LogP contribution in [-0.2, 0) is 7.05 Å². The number of aryl methyl sites for hydroxylation is 1. The Hall–Kier alpha value is -1.03. The van der Waals surface area contributed by atoms with Gasteiger partial charge in [-0.2, -0.15) is 0 Å². The summed E-state index contributed by atoms with van der Waals surface area (Å²) in [5.74, 6) is 0.00463. The molecule has 0 aliphatic heterocycles. The lowest BCUT2D eigenvalue weighted by Crippen LogP contribution is -1.94. The molecule has 1 aromatic heterocycles. The quantitative estimate of drug-likeness (QED) is 0.463. The number of hydrogen-bond acceptors (Lipinski definition) is 2. The SMILES string of the molecule is Cn1cc(Cl)cc1[N+](=O)[O-]. The summed E-state index contributed by atoms with van der Waals surface area (Å²) in [6, 6.07) is 1.31. The predicted molar refractivity (Wildman–Crippen MR) is 37.1 cm³/mol. The second-order valence-corrected chi connectivity index (χ2v) is 2.32. The first-order valence-corrected chi connectivity index (χ1v) is 2.95. The summed E-state index contributed by atoms with van der Waals surface area (Å²) in [6.45, 7) is 0. The minimum atomic E-state index is -0.480. The van der Waals surface area contributed by atoms with Gasteiger partial charge in [-0.25, -0.2) is 4.57 Å². The molecule has 0 radical (unpaired) electrons. The monoisotopic (exact) mass is 160 g/mol. The van der Waals surface area contributed by atoms with Crippen molar-refractivity contribution in [3.63, 3.8) is 0 Å². The van der Waals surface area contributed by atoms with Gasteiger partial charge in [0.15, 0.2) is 0 Å². The molecule has 0 amide bonds. The predicted octanol–water partition coefficient (Wildman–Crippen LogP) is 1.59. The molecule has 1 aromatic rings. The van der Waals surface area contributed by atoms with E-state index in [2.05, 4.69) is 0 Å². The van der Waals surface area contributed by atoms with E-state index in [9.17, 15) is 10.1 Å². The zero-order valence-corrected chi connectivity index (χ0v) is 6.00. The van der Waals surface area contributed by atoms with Crippen molar-refractivity contribution < 1.29 is 4.92 Å². The molecule has 0 aliphatic carbocycles. The van der Waals surface area contributed by atoms with E-state index in [4.69, 9.17) is 11.6 Å². The molecule has 5 heteroatoms. The molecule has 0 N–H and O–H groups in total. The van der Waals surface area contributed by atoms with Gasteiger partial charge in [0.2, 0.25) is 0 Å². The lowest BCUT2D eigenvalue weighted by atomic mass is 10.6. The Morgan fingerprint density at radius 3 is 2.60 bits per heavy atom. The van der Waals surface area contributed by atoms with Crippen molar-refractivity contribution in [2.45, 2.75) is 0 Å². The number of halogens is 1. The minimum absolute atomic E-state index is 0.00463. The second-order valence-electron chi connectivity index (χ2n) is 1.88. The summed E-state index contributed by atoms with van der Waals surface area (Å²) in [7, 11) is 1.57. The maximum atomic E-state index is 10.2. The molecule has 0 saturated carbocycles. The molecule has 0 aliphatic rings. The number of rotatable bonds is 1. The van der Waals surface area contributed by atoms with Gasteiger partial charge >= 0.3 is 5.82 Å². The number of hydrogen-bond donors (Lipinski definition) is 0. The molecule has 10 heavy (non-hydrogen) atoms. The molecule has 0 spiro atoms. The Bertz CT molecular complexity index is 269. The van der Waals surface area contributed by atoms with Crippen molar-refractivity contribution in [3.8, 4) is 0 Å². The van der Waals surface area contributed by atoms with Gasteiger partial charge in [-0.15, -0.1) is 0 Å². The third kappa shape index (κ3) is 1.11. The van der Waals surface area contributed by atoms with Crippen LogP contribution in [0.15, 0.2) is 12.3 Å². The van der Waals surface area contributed by atoms with Gasteiger partial charge in [-0.05, 0) is 4.92 Å². The maximum Gasteiger partial charge on any atom is 0.324 e. The topological polar surface area (TPSA) is 48.1 Å². The van der Waals surface area contributed by atoms with Gasteiger partial charge in [0.05, 0.1) is 18.1 Å². The molecule has 0 bridgehead atoms. The fourth-order valence-corrected chi connectivity index (χ4v) is 0.939. The van der Waals surface area contributed by atoms with Crippen LogP contribution in [0.2, 0.25) is 5.02 Å². The number of nitrogens with zero attached hydrogens (tertiary/aromatic N) is 2. The molecular weight excluding hydrogens is 156 g/mol. The number of nitro groups is 1. The van der Waals surface area contributed by atoms with E-state index in [1.807, 2.05) is 0 Å². The standard InChI is InChI=1S/C5H5ClN2O2/c1-7-3-4(6)2-5(7)8(9)10/h2-3H,1H3. The lowest BCUT2D eigenvalue weighted by molar-refractivity contribution is -0.391. The van der Waals surface area contributed by atoms with E-state index in [1.54, 1.807) is 7.05 Å². The third-order valence-corrected chi connectivity index (χ3v) is 1.34. The highest BCUT2D eigenvalue weighted by atomic mass is 35.5. The van der Waals surface area contributed by atoms with Crippen molar-refractivity contribution in [2.24, 2.45) is 7.05 Å². The van der Waals surface area contributed by atoms with Gasteiger partial charge in [0.1, 0.15) is 6.20 Å². The highest BCUT2D eigenvalue weighted by Gasteiger charge is 2.10. The molecule has 0 atom stereocenters. The van der Waals surface area contributed by atoms with Crippen LogP contribution in [0.25, 0.3) is 0 Å². The Morgan fingerprint density at radius 1 is 1.80 bits per heavy atom. The van der Waals surface area contributed by atoms with E-state index < -0.39 is 4.92 Å². The van der Waals surface area contributed by atoms with Crippen LogP contribution in [0.5, 0.6) is 0 Å². The van der Waals surface area contributed by atoms with Crippen LogP contribution in [0.4, 0.5) is 5.82 Å². The van der Waals surface area contributed by atoms with Crippen molar-refractivity contribution in [1.82, 2.24) is 4.57 Å². The van der Waals surface area contributed by atoms with E-state index >= 15 is 0 Å². The van der Waals surface area contributed by atoms with Gasteiger partial charge in [-0.1, -0.05) is 11.6 Å². The summed E-state index contributed by atoms with van der Waals surface area (Å²) in [5.41, 5.74) is 0. The average molecular weight is 161 g/mol. The van der Waals surface area contributed by atoms with Gasteiger partial charge in [-0.3, -0.25) is 0 Å². The van der Waals surface area contributed by atoms with E-state index in [-0.39, 0.29) is 5.82 Å². The Labute approximate surface area is 62.2 Å². The Morgan fingerprint density at radius 2 is 2.40 bits per heavy atom. The fourth-order valence-electron chi connectivity index (χ4n) is 0.695. The van der Waals surface area contributed by atoms with Crippen LogP contribution in [0.3, 0.4) is 0 Å². The fraction of sp³-hybridized carbons (Fsp3) is 0.200. The van der Waals surface area contributed by atoms with Crippen LogP contribution in [0, 0.1) is 10.1 Å². The van der Waals surface area contributed by atoms with Crippen LogP contribution < -0.4 is 0 Å². The average Bonchev–Trinajstić information content (AvgIpc) is 2.10. The van der Waals surface area contributed by atoms with Crippen molar-refractivity contribution in [1.29, 1.82) is 0 Å². The molecule has 0 aromatic carbocycles. The second kappa shape index (κ2) is 2.30. The van der Waals surface area contributed by atoms with Crippen molar-refractivity contribution in [2.75, 3.05) is 0 Å². The molecule has 1 heterocycles. The number of aromatic nitrogens is 1. The molecule has 0 unspecified atom stereocenters. The first kappa shape index (κ1) is 7.08. The summed E-state index contributed by atoms with van der Waals surface area (Å²) in [5, 5.41) is 10.5. The van der Waals surface area contributed by atoms with Crippen molar-refractivity contribution >= 4 is 17.4 Å². The van der Waals surface area contributed by atoms with Crippen molar-refractivity contribution in [3.05, 3.63) is 27.4 Å². The third-order valence-electron chi connectivity index (χ3n) is 1.13. The molecule has 54 valence electrons. The molecule has 4 nitrogen and oxygen atoms in total. The van der Waals surface area contributed by atoms with Crippen LogP contribution in [0.1, 0.15) is 0 Å². The van der Waals surface area contributed by atoms with E-state index in [1.165, 1.54) is 16.8 Å². The summed E-state index contributed by atoms with van der Waals surface area (Å²) < 4.78 is 1.36. The summed E-state index contributed by atoms with van der Waals surface area (Å²) >= 11 is 5.48. The Kier molecular flexibility index (Phi) is 1.63. The zero-order chi connectivity index (χ0) is 7.72. The van der Waals surface area contributed by atoms with Crippen LogP contribution >= 0.6 is 11.6 Å². The molecule has 1 rings (SSSR count). The molecular formula is C5H5ClN2O2. The van der Waals surface area contributed by atoms with Gasteiger partial charge in [0.25, 0.3) is 0 Å². The smallest absolute Gasteiger partial charge is 0.324 e. The first-order chi connectivity index (χ1) is 4.61. The van der Waals surface area contributed by atoms with E-state index in [0.717, 1.165) is 0 Å². The highest BCUT2D eigenvalue weighted by molar-refractivity contribution is 6.30.